The first-order valence-corrected chi connectivity index (χ1v) is 8.74. The van der Waals surface area contributed by atoms with Gasteiger partial charge < -0.3 is 9.47 Å². The molecule has 0 saturated heterocycles. The Labute approximate surface area is 163 Å². The highest BCUT2D eigenvalue weighted by atomic mass is 16.5. The van der Waals surface area contributed by atoms with E-state index >= 15 is 0 Å². The molecule has 28 heavy (non-hydrogen) atoms. The molecule has 0 saturated carbocycles. The molecule has 0 radical (unpaired) electrons. The molecule has 0 unspecified atom stereocenters. The first-order valence-electron chi connectivity index (χ1n) is 8.74. The fraction of sp³-hybridized carbons (Fsp3) is 0.0909. The Hall–Kier alpha value is -3.80. The van der Waals surface area contributed by atoms with Crippen LogP contribution in [0.15, 0.2) is 84.9 Å². The fourth-order valence-electron chi connectivity index (χ4n) is 2.35. The molecule has 0 fully saturated rings. The van der Waals surface area contributed by atoms with Crippen LogP contribution in [0.25, 0.3) is 0 Å². The molecule has 0 spiro atoms. The van der Waals surface area contributed by atoms with Gasteiger partial charge in [0.1, 0.15) is 18.1 Å². The summed E-state index contributed by atoms with van der Waals surface area (Å²) in [6.45, 7) is 0.254. The third kappa shape index (κ3) is 5.88. The summed E-state index contributed by atoms with van der Waals surface area (Å²) < 4.78 is 11.1. The Morgan fingerprint density at radius 3 is 1.89 bits per heavy atom. The Morgan fingerprint density at radius 2 is 1.25 bits per heavy atom. The lowest BCUT2D eigenvalue weighted by atomic mass is 10.2. The Kier molecular flexibility index (Phi) is 6.62. The van der Waals surface area contributed by atoms with E-state index in [1.54, 1.807) is 54.6 Å². The van der Waals surface area contributed by atoms with E-state index in [0.29, 0.717) is 23.7 Å². The largest absolute Gasteiger partial charge is 0.489 e. The van der Waals surface area contributed by atoms with Gasteiger partial charge in [0.25, 0.3) is 11.8 Å². The average molecular weight is 376 g/mol. The normalized spacial score (nSPS) is 10.0. The fourth-order valence-corrected chi connectivity index (χ4v) is 2.35. The highest BCUT2D eigenvalue weighted by Gasteiger charge is 2.07. The first kappa shape index (κ1) is 19.0. The zero-order valence-corrected chi connectivity index (χ0v) is 15.1. The summed E-state index contributed by atoms with van der Waals surface area (Å²) in [6.07, 6.45) is 0. The topological polar surface area (TPSA) is 76.7 Å². The average Bonchev–Trinajstić information content (AvgIpc) is 2.76. The van der Waals surface area contributed by atoms with Crippen LogP contribution >= 0.6 is 0 Å². The zero-order chi connectivity index (χ0) is 19.6. The van der Waals surface area contributed by atoms with E-state index in [1.807, 2.05) is 30.3 Å². The van der Waals surface area contributed by atoms with E-state index < -0.39 is 11.8 Å². The molecule has 6 heteroatoms. The minimum absolute atomic E-state index is 0.223. The first-order chi connectivity index (χ1) is 13.7. The SMILES string of the molecule is O=C(COc1ccc(OCc2ccccc2)cc1)NNC(=O)c1ccccc1. The van der Waals surface area contributed by atoms with Gasteiger partial charge in [0.2, 0.25) is 0 Å². The standard InChI is InChI=1S/C22H20N2O4/c25-21(23-24-22(26)18-9-5-2-6-10-18)16-28-20-13-11-19(12-14-20)27-15-17-7-3-1-4-8-17/h1-14H,15-16H2,(H,23,25)(H,24,26). The van der Waals surface area contributed by atoms with Crippen LogP contribution in [0.4, 0.5) is 0 Å². The van der Waals surface area contributed by atoms with E-state index in [1.165, 1.54) is 0 Å². The molecule has 0 bridgehead atoms. The number of ether oxygens (including phenoxy) is 2. The smallest absolute Gasteiger partial charge is 0.276 e. The van der Waals surface area contributed by atoms with Crippen LogP contribution in [-0.4, -0.2) is 18.4 Å². The maximum atomic E-state index is 11.8. The lowest BCUT2D eigenvalue weighted by Gasteiger charge is -2.10. The quantitative estimate of drug-likeness (QED) is 0.621. The maximum absolute atomic E-state index is 11.8. The Morgan fingerprint density at radius 1 is 0.679 bits per heavy atom. The summed E-state index contributed by atoms with van der Waals surface area (Å²) in [5.74, 6) is 0.370. The number of benzene rings is 3. The molecule has 3 aromatic carbocycles. The van der Waals surface area contributed by atoms with Gasteiger partial charge in [0.15, 0.2) is 6.61 Å². The molecular weight excluding hydrogens is 356 g/mol. The summed E-state index contributed by atoms with van der Waals surface area (Å²) >= 11 is 0. The lowest BCUT2D eigenvalue weighted by molar-refractivity contribution is -0.123. The van der Waals surface area contributed by atoms with Crippen LogP contribution < -0.4 is 20.3 Å². The van der Waals surface area contributed by atoms with Gasteiger partial charge in [-0.2, -0.15) is 0 Å². The predicted octanol–water partition coefficient (Wildman–Crippen LogP) is 3.11. The van der Waals surface area contributed by atoms with Crippen LogP contribution in [-0.2, 0) is 11.4 Å². The Balaban J connectivity index is 1.39. The summed E-state index contributed by atoms with van der Waals surface area (Å²) in [6, 6.07) is 25.4. The molecule has 0 atom stereocenters. The van der Waals surface area contributed by atoms with Crippen molar-refractivity contribution in [1.82, 2.24) is 10.9 Å². The van der Waals surface area contributed by atoms with Crippen LogP contribution in [0.2, 0.25) is 0 Å². The lowest BCUT2D eigenvalue weighted by Crippen LogP contribution is -2.43. The second-order valence-corrected chi connectivity index (χ2v) is 5.90. The summed E-state index contributed by atoms with van der Waals surface area (Å²) in [7, 11) is 0. The van der Waals surface area contributed by atoms with Crippen LogP contribution in [0.5, 0.6) is 11.5 Å². The van der Waals surface area contributed by atoms with Crippen molar-refractivity contribution in [2.75, 3.05) is 6.61 Å². The number of rotatable bonds is 7. The van der Waals surface area contributed by atoms with E-state index in [4.69, 9.17) is 9.47 Å². The predicted molar refractivity (Wildman–Crippen MR) is 105 cm³/mol. The molecule has 2 N–H and O–H groups in total. The number of nitrogens with one attached hydrogen (secondary N) is 2. The third-order valence-electron chi connectivity index (χ3n) is 3.79. The van der Waals surface area contributed by atoms with Crippen molar-refractivity contribution < 1.29 is 19.1 Å². The minimum Gasteiger partial charge on any atom is -0.489 e. The van der Waals surface area contributed by atoms with Crippen molar-refractivity contribution in [1.29, 1.82) is 0 Å². The molecule has 6 nitrogen and oxygen atoms in total. The molecule has 3 rings (SSSR count). The second kappa shape index (κ2) is 9.78. The van der Waals surface area contributed by atoms with Gasteiger partial charge in [0, 0.05) is 5.56 Å². The number of carbonyl (C=O) groups excluding carboxylic acids is 2. The van der Waals surface area contributed by atoms with Crippen molar-refractivity contribution >= 4 is 11.8 Å². The van der Waals surface area contributed by atoms with Gasteiger partial charge in [-0.25, -0.2) is 0 Å². The number of hydrazine groups is 1. The molecule has 0 aliphatic rings. The van der Waals surface area contributed by atoms with Crippen molar-refractivity contribution in [2.24, 2.45) is 0 Å². The number of hydrogen-bond donors (Lipinski definition) is 2. The van der Waals surface area contributed by atoms with Gasteiger partial charge in [-0.1, -0.05) is 48.5 Å². The molecule has 0 heterocycles. The molecular formula is C22H20N2O4. The van der Waals surface area contributed by atoms with Crippen molar-refractivity contribution in [3.8, 4) is 11.5 Å². The molecule has 0 aliphatic carbocycles. The third-order valence-corrected chi connectivity index (χ3v) is 3.79. The van der Waals surface area contributed by atoms with Crippen LogP contribution in [0.3, 0.4) is 0 Å². The van der Waals surface area contributed by atoms with Crippen LogP contribution in [0.1, 0.15) is 15.9 Å². The van der Waals surface area contributed by atoms with Crippen molar-refractivity contribution in [3.05, 3.63) is 96.1 Å². The van der Waals surface area contributed by atoms with E-state index in [-0.39, 0.29) is 6.61 Å². The van der Waals surface area contributed by atoms with E-state index in [0.717, 1.165) is 5.56 Å². The van der Waals surface area contributed by atoms with E-state index in [9.17, 15) is 9.59 Å². The van der Waals surface area contributed by atoms with E-state index in [2.05, 4.69) is 10.9 Å². The summed E-state index contributed by atoms with van der Waals surface area (Å²) in [5, 5.41) is 0. The summed E-state index contributed by atoms with van der Waals surface area (Å²) in [4.78, 5) is 23.6. The zero-order valence-electron chi connectivity index (χ0n) is 15.1. The van der Waals surface area contributed by atoms with Gasteiger partial charge in [-0.3, -0.25) is 20.4 Å². The molecule has 2 amide bonds. The van der Waals surface area contributed by atoms with Crippen molar-refractivity contribution in [3.63, 3.8) is 0 Å². The highest BCUT2D eigenvalue weighted by Crippen LogP contribution is 2.18. The van der Waals surface area contributed by atoms with Gasteiger partial charge in [-0.15, -0.1) is 0 Å². The maximum Gasteiger partial charge on any atom is 0.276 e. The molecule has 0 aliphatic heterocycles. The van der Waals surface area contributed by atoms with Gasteiger partial charge >= 0.3 is 0 Å². The van der Waals surface area contributed by atoms with Crippen molar-refractivity contribution in [2.45, 2.75) is 6.61 Å². The van der Waals surface area contributed by atoms with Gasteiger partial charge in [0.05, 0.1) is 0 Å². The molecule has 142 valence electrons. The highest BCUT2D eigenvalue weighted by molar-refractivity contribution is 5.95. The second-order valence-electron chi connectivity index (χ2n) is 5.90. The number of carbonyl (C=O) groups is 2. The number of amides is 2. The Bertz CT molecular complexity index is 897. The van der Waals surface area contributed by atoms with Crippen LogP contribution in [0, 0.1) is 0 Å². The number of hydrogen-bond acceptors (Lipinski definition) is 4. The van der Waals surface area contributed by atoms with Gasteiger partial charge in [-0.05, 0) is 42.0 Å². The molecule has 3 aromatic rings. The summed E-state index contributed by atoms with van der Waals surface area (Å²) in [5.41, 5.74) is 6.18. The monoisotopic (exact) mass is 376 g/mol. The molecule has 0 aromatic heterocycles. The minimum atomic E-state index is -0.464.